The van der Waals surface area contributed by atoms with Crippen LogP contribution in [0.5, 0.6) is 0 Å². The van der Waals surface area contributed by atoms with Gasteiger partial charge in [0.1, 0.15) is 30.0 Å². The van der Waals surface area contributed by atoms with Crippen molar-refractivity contribution in [1.29, 1.82) is 0 Å². The van der Waals surface area contributed by atoms with Crippen LogP contribution in [-0.2, 0) is 58.6 Å². The number of hydrogen-bond donors (Lipinski definition) is 7. The number of likely N-dealkylation sites (tertiary alicyclic amines) is 1. The molecule has 0 aromatic heterocycles. The molecular weight excluding hydrogens is 1110 g/mol. The summed E-state index contributed by atoms with van der Waals surface area (Å²) in [6, 6.07) is 47.1. The van der Waals surface area contributed by atoms with Crippen LogP contribution in [0.15, 0.2) is 152 Å². The van der Waals surface area contributed by atoms with Gasteiger partial charge in [0.2, 0.25) is 0 Å². The molecule has 5 aromatic carbocycles. The summed E-state index contributed by atoms with van der Waals surface area (Å²) in [4.78, 5) is 40.6. The first-order valence-electron chi connectivity index (χ1n) is 29.3. The number of amides is 3. The number of hydrogen-bond acceptors (Lipinski definition) is 17. The van der Waals surface area contributed by atoms with Gasteiger partial charge >= 0.3 is 35.9 Å². The molecule has 0 bridgehead atoms. The maximum absolute atomic E-state index is 13.6. The lowest BCUT2D eigenvalue weighted by molar-refractivity contribution is -0.00704. The number of nitrogens with zero attached hydrogens (tertiary/aromatic N) is 1. The minimum atomic E-state index is -2.83. The second kappa shape index (κ2) is 36.0. The Morgan fingerprint density at radius 2 is 0.893 bits per heavy atom. The normalized spacial score (nSPS) is 17.0. The smallest absolute Gasteiger partial charge is 0.445 e. The fraction of sp³-hybridized carbons (Fsp3) is 0.468. The highest BCUT2D eigenvalue weighted by Crippen LogP contribution is 2.42. The molecule has 3 amide bonds. The third kappa shape index (κ3) is 19.5. The number of ether oxygens (including phenoxy) is 3. The van der Waals surface area contributed by atoms with Crippen molar-refractivity contribution < 1.29 is 65.4 Å². The van der Waals surface area contributed by atoms with E-state index in [1.165, 1.54) is 4.90 Å². The van der Waals surface area contributed by atoms with Gasteiger partial charge in [0.25, 0.3) is 0 Å². The van der Waals surface area contributed by atoms with Gasteiger partial charge in [-0.15, -0.1) is 0 Å². The fourth-order valence-corrected chi connectivity index (χ4v) is 15.9. The minimum Gasteiger partial charge on any atom is -0.445 e. The highest BCUT2D eigenvalue weighted by atomic mass is 28.4. The molecular formula is C62H90N6O14Si2. The molecule has 2 fully saturated rings. The van der Waals surface area contributed by atoms with Crippen molar-refractivity contribution in [3.63, 3.8) is 0 Å². The van der Waals surface area contributed by atoms with E-state index in [0.29, 0.717) is 102 Å². The minimum absolute atomic E-state index is 0.0583. The number of carbonyl (C=O) groups is 3. The van der Waals surface area contributed by atoms with Crippen LogP contribution in [0.25, 0.3) is 0 Å². The Kier molecular flexibility index (Phi) is 29.5. The van der Waals surface area contributed by atoms with Gasteiger partial charge in [-0.05, 0) is 82.2 Å². The number of alkyl carbamates (subject to hydrolysis) is 2. The molecule has 0 aliphatic carbocycles. The van der Waals surface area contributed by atoms with Crippen LogP contribution in [0, 0.1) is 0 Å². The topological polar surface area (TPSA) is 266 Å². The van der Waals surface area contributed by atoms with E-state index in [0.717, 1.165) is 16.7 Å². The number of nitrogens with one attached hydrogen (secondary N) is 3. The first-order valence-corrected chi connectivity index (χ1v) is 33.1. The average Bonchev–Trinajstić information content (AvgIpc) is 4.42. The van der Waals surface area contributed by atoms with Gasteiger partial charge in [0.05, 0.1) is 12.6 Å². The number of nitrogens with two attached hydrogens (primary N) is 2. The highest BCUT2D eigenvalue weighted by molar-refractivity contribution is 6.61. The van der Waals surface area contributed by atoms with E-state index in [-0.39, 0.29) is 31.7 Å². The summed E-state index contributed by atoms with van der Waals surface area (Å²) < 4.78 is 52.5. The van der Waals surface area contributed by atoms with E-state index < -0.39 is 59.2 Å². The van der Waals surface area contributed by atoms with Crippen molar-refractivity contribution >= 4 is 35.9 Å². The Morgan fingerprint density at radius 3 is 1.27 bits per heavy atom. The third-order valence-electron chi connectivity index (χ3n) is 14.2. The molecule has 2 saturated heterocycles. The van der Waals surface area contributed by atoms with Crippen LogP contribution >= 0.6 is 0 Å². The van der Waals surface area contributed by atoms with Gasteiger partial charge in [-0.25, -0.2) is 14.4 Å². The third-order valence-corrected chi connectivity index (χ3v) is 20.5. The Labute approximate surface area is 498 Å². The Balaban J connectivity index is 0.000000307. The van der Waals surface area contributed by atoms with Gasteiger partial charge in [0, 0.05) is 90.2 Å². The maximum atomic E-state index is 13.6. The average molecular weight is 1200 g/mol. The zero-order valence-electron chi connectivity index (χ0n) is 49.7. The van der Waals surface area contributed by atoms with Crippen LogP contribution in [0.4, 0.5) is 14.4 Å². The van der Waals surface area contributed by atoms with Crippen molar-refractivity contribution in [2.45, 2.75) is 121 Å². The fourth-order valence-electron chi connectivity index (χ4n) is 10.7. The first-order chi connectivity index (χ1) is 40.8. The molecule has 7 rings (SSSR count). The van der Waals surface area contributed by atoms with E-state index in [4.69, 9.17) is 40.8 Å². The molecule has 0 saturated carbocycles. The SMILES string of the molecule is CCO[Si](CCCNC(=O)OC1CN[C@H](C(O)(c2ccccc2)c2ccccc2)C1)(OCC)OCC.CCO[Si](CCCNC(=O)O[C@@H]1C[C@@H](C(O)(c2ccccc2)c2ccccc2)N(C(=O)OCc2ccccc2)C1)(OCC)OCC.NN. The molecule has 5 aromatic rings. The molecule has 2 aliphatic rings. The molecule has 20 nitrogen and oxygen atoms in total. The Morgan fingerprint density at radius 1 is 0.536 bits per heavy atom. The van der Waals surface area contributed by atoms with Crippen LogP contribution in [0.1, 0.15) is 95.0 Å². The zero-order valence-corrected chi connectivity index (χ0v) is 51.7. The summed E-state index contributed by atoms with van der Waals surface area (Å²) in [6.45, 7) is 15.9. The summed E-state index contributed by atoms with van der Waals surface area (Å²) in [5.41, 5.74) is 0.807. The molecule has 84 heavy (non-hydrogen) atoms. The second-order valence-electron chi connectivity index (χ2n) is 19.7. The monoisotopic (exact) mass is 1200 g/mol. The van der Waals surface area contributed by atoms with Crippen molar-refractivity contribution in [1.82, 2.24) is 20.9 Å². The van der Waals surface area contributed by atoms with Gasteiger partial charge < -0.3 is 66.9 Å². The lowest BCUT2D eigenvalue weighted by atomic mass is 9.79. The first kappa shape index (κ1) is 68.7. The van der Waals surface area contributed by atoms with Crippen LogP contribution in [-0.4, -0.2) is 141 Å². The summed E-state index contributed by atoms with van der Waals surface area (Å²) in [7, 11) is -5.56. The molecule has 460 valence electrons. The molecule has 4 atom stereocenters. The summed E-state index contributed by atoms with van der Waals surface area (Å²) in [5.74, 6) is 8.00. The molecule has 0 radical (unpaired) electrons. The zero-order chi connectivity index (χ0) is 60.7. The Bertz CT molecular complexity index is 2510. The number of rotatable bonds is 30. The molecule has 22 heteroatoms. The molecule has 2 aliphatic heterocycles. The molecule has 9 N–H and O–H groups in total. The van der Waals surface area contributed by atoms with E-state index in [2.05, 4.69) is 27.6 Å². The predicted molar refractivity (Wildman–Crippen MR) is 325 cm³/mol. The number of aliphatic hydroxyl groups is 2. The second-order valence-corrected chi connectivity index (χ2v) is 25.2. The quantitative estimate of drug-likeness (QED) is 0.00747. The van der Waals surface area contributed by atoms with Gasteiger partial charge in [-0.2, -0.15) is 0 Å². The van der Waals surface area contributed by atoms with Crippen molar-refractivity contribution in [3.8, 4) is 0 Å². The summed E-state index contributed by atoms with van der Waals surface area (Å²) >= 11 is 0. The van der Waals surface area contributed by atoms with Crippen molar-refractivity contribution in [2.24, 2.45) is 11.7 Å². The van der Waals surface area contributed by atoms with Gasteiger partial charge in [-0.1, -0.05) is 152 Å². The van der Waals surface area contributed by atoms with E-state index in [1.54, 1.807) is 0 Å². The molecule has 1 unspecified atom stereocenters. The lowest BCUT2D eigenvalue weighted by Crippen LogP contribution is -2.50. The van der Waals surface area contributed by atoms with Crippen LogP contribution in [0.3, 0.4) is 0 Å². The predicted octanol–water partition coefficient (Wildman–Crippen LogP) is 8.50. The maximum Gasteiger partial charge on any atom is 0.500 e. The summed E-state index contributed by atoms with van der Waals surface area (Å²) in [5, 5.41) is 33.5. The van der Waals surface area contributed by atoms with Crippen molar-refractivity contribution in [2.75, 3.05) is 65.8 Å². The van der Waals surface area contributed by atoms with E-state index in [9.17, 15) is 24.6 Å². The van der Waals surface area contributed by atoms with Gasteiger partial charge in [0.15, 0.2) is 0 Å². The standard InChI is InChI=1S/C35H46N2O8Si.C27H40N2O6Si.H4N2/c1-4-42-46(43-5-2,44-6-3)24-16-23-36-33(38)45-31-25-32(37(26-31)34(39)41-27-28-17-10-7-11-18-28)35(40,29-19-12-8-13-20-29)30-21-14-9-15-22-30;1-4-32-36(33-5-2,34-6-3)19-13-18-28-26(30)35-24-20-25(29-21-24)27(31,22-14-9-7-10-15-22)23-16-11-8-12-17-23;1-2/h7-15,17-22,31-32,40H,4-6,16,23-27H2,1-3H3,(H,36,38);7-12,14-17,24-25,29,31H,4-6,13,18-21H2,1-3H3,(H,28,30);1-2H2/t31-,32+;24?,25-;/m10./s1. The van der Waals surface area contributed by atoms with Crippen molar-refractivity contribution in [3.05, 3.63) is 179 Å². The number of carbonyl (C=O) groups excluding carboxylic acids is 3. The molecule has 2 heterocycles. The van der Waals surface area contributed by atoms with Crippen LogP contribution < -0.4 is 27.6 Å². The lowest BCUT2D eigenvalue weighted by Gasteiger charge is -2.39. The Hall–Kier alpha value is -6.10. The summed E-state index contributed by atoms with van der Waals surface area (Å²) in [6.07, 6.45) is -0.788. The number of benzene rings is 5. The largest absolute Gasteiger partial charge is 0.500 e. The van der Waals surface area contributed by atoms with E-state index >= 15 is 0 Å². The van der Waals surface area contributed by atoms with Crippen LogP contribution in [0.2, 0.25) is 12.1 Å². The van der Waals surface area contributed by atoms with Gasteiger partial charge in [-0.3, -0.25) is 16.6 Å². The van der Waals surface area contributed by atoms with E-state index in [1.807, 2.05) is 193 Å². The molecule has 0 spiro atoms. The number of hydrazine groups is 1. The highest BCUT2D eigenvalue weighted by Gasteiger charge is 2.52.